The highest BCUT2D eigenvalue weighted by Gasteiger charge is 2.33. The Balaban J connectivity index is 1.84. The second-order valence-corrected chi connectivity index (χ2v) is 6.32. The van der Waals surface area contributed by atoms with Crippen molar-refractivity contribution in [2.75, 3.05) is 7.05 Å². The van der Waals surface area contributed by atoms with E-state index in [1.165, 1.54) is 0 Å². The molecule has 6 nitrogen and oxygen atoms in total. The van der Waals surface area contributed by atoms with Crippen LogP contribution in [0.25, 0.3) is 0 Å². The van der Waals surface area contributed by atoms with Gasteiger partial charge in [0.25, 0.3) is 5.91 Å². The Morgan fingerprint density at radius 1 is 1.36 bits per heavy atom. The van der Waals surface area contributed by atoms with E-state index in [1.54, 1.807) is 4.90 Å². The van der Waals surface area contributed by atoms with Gasteiger partial charge in [-0.1, -0.05) is 0 Å². The largest absolute Gasteiger partial charge is 0.337 e. The number of aromatic amines is 1. The summed E-state index contributed by atoms with van der Waals surface area (Å²) < 4.78 is 1.86. The molecule has 3 rings (SSSR count). The minimum absolute atomic E-state index is 0.0378. The SMILES string of the molecule is Cc1nn(C)c(C)c1CN(C)C(=O)c1c(C2CC2)n[nH]c1C. The van der Waals surface area contributed by atoms with Gasteiger partial charge in [0.1, 0.15) is 0 Å². The molecule has 2 aromatic heterocycles. The molecule has 0 bridgehead atoms. The van der Waals surface area contributed by atoms with Crippen molar-refractivity contribution in [3.05, 3.63) is 33.9 Å². The quantitative estimate of drug-likeness (QED) is 0.941. The average Bonchev–Trinajstić information content (AvgIpc) is 3.20. The number of rotatable bonds is 4. The molecule has 0 radical (unpaired) electrons. The minimum atomic E-state index is 0.0378. The summed E-state index contributed by atoms with van der Waals surface area (Å²) >= 11 is 0. The first kappa shape index (κ1) is 14.8. The molecular weight excluding hydrogens is 278 g/mol. The van der Waals surface area contributed by atoms with Gasteiger partial charge in [-0.05, 0) is 33.6 Å². The highest BCUT2D eigenvalue weighted by molar-refractivity contribution is 5.96. The molecule has 1 amide bonds. The van der Waals surface area contributed by atoms with Gasteiger partial charge in [0.05, 0.1) is 17.0 Å². The number of hydrogen-bond acceptors (Lipinski definition) is 3. The van der Waals surface area contributed by atoms with Crippen LogP contribution < -0.4 is 0 Å². The number of carbonyl (C=O) groups excluding carboxylic acids is 1. The smallest absolute Gasteiger partial charge is 0.257 e. The fourth-order valence-corrected chi connectivity index (χ4v) is 2.92. The van der Waals surface area contributed by atoms with Crippen LogP contribution in [-0.4, -0.2) is 37.8 Å². The summed E-state index contributed by atoms with van der Waals surface area (Å²) in [7, 11) is 3.77. The second-order valence-electron chi connectivity index (χ2n) is 6.32. The Hall–Kier alpha value is -2.11. The Morgan fingerprint density at radius 2 is 2.05 bits per heavy atom. The van der Waals surface area contributed by atoms with Crippen LogP contribution in [0.2, 0.25) is 0 Å². The van der Waals surface area contributed by atoms with E-state index < -0.39 is 0 Å². The molecule has 0 saturated heterocycles. The third-order valence-corrected chi connectivity index (χ3v) is 4.55. The van der Waals surface area contributed by atoms with Crippen LogP contribution in [0.1, 0.15) is 57.5 Å². The van der Waals surface area contributed by atoms with Gasteiger partial charge >= 0.3 is 0 Å². The van der Waals surface area contributed by atoms with Crippen LogP contribution in [-0.2, 0) is 13.6 Å². The number of nitrogens with one attached hydrogen (secondary N) is 1. The average molecular weight is 301 g/mol. The lowest BCUT2D eigenvalue weighted by molar-refractivity contribution is 0.0783. The van der Waals surface area contributed by atoms with Gasteiger partial charge in [-0.2, -0.15) is 10.2 Å². The van der Waals surface area contributed by atoms with E-state index in [9.17, 15) is 4.79 Å². The molecule has 1 aliphatic rings. The molecule has 1 fully saturated rings. The van der Waals surface area contributed by atoms with Gasteiger partial charge in [0.15, 0.2) is 0 Å². The van der Waals surface area contributed by atoms with Crippen molar-refractivity contribution in [3.63, 3.8) is 0 Å². The molecule has 1 aliphatic carbocycles. The third kappa shape index (κ3) is 2.42. The molecule has 0 aliphatic heterocycles. The third-order valence-electron chi connectivity index (χ3n) is 4.55. The summed E-state index contributed by atoms with van der Waals surface area (Å²) in [5, 5.41) is 11.7. The van der Waals surface area contributed by atoms with Gasteiger partial charge in [-0.15, -0.1) is 0 Å². The number of aromatic nitrogens is 4. The Labute approximate surface area is 130 Å². The Morgan fingerprint density at radius 3 is 2.59 bits per heavy atom. The van der Waals surface area contributed by atoms with E-state index in [4.69, 9.17) is 0 Å². The number of nitrogens with zero attached hydrogens (tertiary/aromatic N) is 4. The van der Waals surface area contributed by atoms with E-state index in [2.05, 4.69) is 15.3 Å². The molecule has 1 saturated carbocycles. The van der Waals surface area contributed by atoms with E-state index in [0.29, 0.717) is 12.5 Å². The Bertz CT molecular complexity index is 723. The van der Waals surface area contributed by atoms with Crippen LogP contribution in [0.5, 0.6) is 0 Å². The predicted octanol–water partition coefficient (Wildman–Crippen LogP) is 2.22. The number of carbonyl (C=O) groups is 1. The van der Waals surface area contributed by atoms with E-state index in [1.807, 2.05) is 39.5 Å². The zero-order valence-corrected chi connectivity index (χ0v) is 13.9. The summed E-state index contributed by atoms with van der Waals surface area (Å²) in [4.78, 5) is 14.6. The molecule has 2 heterocycles. The van der Waals surface area contributed by atoms with E-state index in [0.717, 1.165) is 46.7 Å². The van der Waals surface area contributed by atoms with Gasteiger partial charge in [0, 0.05) is 43.5 Å². The summed E-state index contributed by atoms with van der Waals surface area (Å²) in [5.41, 5.74) is 5.75. The molecular formula is C16H23N5O. The Kier molecular flexibility index (Phi) is 3.54. The second kappa shape index (κ2) is 5.26. The number of amides is 1. The van der Waals surface area contributed by atoms with Gasteiger partial charge in [-0.3, -0.25) is 14.6 Å². The summed E-state index contributed by atoms with van der Waals surface area (Å²) in [5.74, 6) is 0.495. The van der Waals surface area contributed by atoms with Gasteiger partial charge in [0.2, 0.25) is 0 Å². The lowest BCUT2D eigenvalue weighted by Crippen LogP contribution is -2.27. The first-order valence-electron chi connectivity index (χ1n) is 7.69. The number of H-pyrrole nitrogens is 1. The lowest BCUT2D eigenvalue weighted by atomic mass is 10.1. The summed E-state index contributed by atoms with van der Waals surface area (Å²) in [6.45, 7) is 6.51. The predicted molar refractivity (Wildman–Crippen MR) is 83.8 cm³/mol. The number of hydrogen-bond donors (Lipinski definition) is 1. The first-order chi connectivity index (χ1) is 10.4. The minimum Gasteiger partial charge on any atom is -0.337 e. The summed E-state index contributed by atoms with van der Waals surface area (Å²) in [6, 6.07) is 0. The first-order valence-corrected chi connectivity index (χ1v) is 7.69. The van der Waals surface area contributed by atoms with Crippen LogP contribution in [0.15, 0.2) is 0 Å². The molecule has 0 atom stereocenters. The van der Waals surface area contributed by atoms with Crippen LogP contribution in [0.3, 0.4) is 0 Å². The van der Waals surface area contributed by atoms with Crippen molar-refractivity contribution in [1.29, 1.82) is 0 Å². The molecule has 22 heavy (non-hydrogen) atoms. The fourth-order valence-electron chi connectivity index (χ4n) is 2.92. The van der Waals surface area contributed by atoms with Crippen molar-refractivity contribution in [1.82, 2.24) is 24.9 Å². The van der Waals surface area contributed by atoms with Crippen molar-refractivity contribution in [2.24, 2.45) is 7.05 Å². The molecule has 118 valence electrons. The standard InChI is InChI=1S/C16H23N5O/c1-9-13(11(3)21(5)19-9)8-20(4)16(22)14-10(2)17-18-15(14)12-6-7-12/h12H,6-8H2,1-5H3,(H,17,18). The zero-order valence-electron chi connectivity index (χ0n) is 13.9. The fraction of sp³-hybridized carbons (Fsp3) is 0.562. The maximum absolute atomic E-state index is 12.9. The van der Waals surface area contributed by atoms with Crippen LogP contribution in [0, 0.1) is 20.8 Å². The van der Waals surface area contributed by atoms with Crippen LogP contribution in [0.4, 0.5) is 0 Å². The van der Waals surface area contributed by atoms with Gasteiger partial charge < -0.3 is 4.90 Å². The molecule has 0 unspecified atom stereocenters. The van der Waals surface area contributed by atoms with Crippen molar-refractivity contribution < 1.29 is 4.79 Å². The molecule has 6 heteroatoms. The van der Waals surface area contributed by atoms with E-state index >= 15 is 0 Å². The molecule has 0 aromatic carbocycles. The molecule has 2 aromatic rings. The monoisotopic (exact) mass is 301 g/mol. The topological polar surface area (TPSA) is 66.8 Å². The summed E-state index contributed by atoms with van der Waals surface area (Å²) in [6.07, 6.45) is 2.27. The maximum Gasteiger partial charge on any atom is 0.257 e. The highest BCUT2D eigenvalue weighted by atomic mass is 16.2. The normalized spacial score (nSPS) is 14.4. The van der Waals surface area contributed by atoms with E-state index in [-0.39, 0.29) is 5.91 Å². The molecule has 0 spiro atoms. The lowest BCUT2D eigenvalue weighted by Gasteiger charge is -2.18. The molecule has 1 N–H and O–H groups in total. The zero-order chi connectivity index (χ0) is 16.0. The van der Waals surface area contributed by atoms with Crippen molar-refractivity contribution >= 4 is 5.91 Å². The number of aryl methyl sites for hydroxylation is 3. The highest BCUT2D eigenvalue weighted by Crippen LogP contribution is 2.41. The van der Waals surface area contributed by atoms with Crippen molar-refractivity contribution in [2.45, 2.75) is 46.1 Å². The maximum atomic E-state index is 12.9. The van der Waals surface area contributed by atoms with Crippen LogP contribution >= 0.6 is 0 Å². The van der Waals surface area contributed by atoms with Gasteiger partial charge in [-0.25, -0.2) is 0 Å². The van der Waals surface area contributed by atoms with Crippen molar-refractivity contribution in [3.8, 4) is 0 Å².